The van der Waals surface area contributed by atoms with E-state index in [1.54, 1.807) is 27.7 Å². The van der Waals surface area contributed by atoms with Gasteiger partial charge in [0.1, 0.15) is 24.2 Å². The maximum atomic E-state index is 12.7. The van der Waals surface area contributed by atoms with Gasteiger partial charge >= 0.3 is 5.97 Å². The van der Waals surface area contributed by atoms with Gasteiger partial charge in [-0.1, -0.05) is 27.7 Å². The summed E-state index contributed by atoms with van der Waals surface area (Å²) >= 11 is 0. The van der Waals surface area contributed by atoms with E-state index in [1.807, 2.05) is 0 Å². The van der Waals surface area contributed by atoms with Crippen molar-refractivity contribution in [3.8, 4) is 0 Å². The summed E-state index contributed by atoms with van der Waals surface area (Å²) in [6.07, 6.45) is 0. The number of hydrogen-bond acceptors (Lipinski definition) is 6. The van der Waals surface area contributed by atoms with E-state index in [2.05, 4.69) is 21.3 Å². The summed E-state index contributed by atoms with van der Waals surface area (Å²) in [6, 6.07) is -4.79. The second-order valence-corrected chi connectivity index (χ2v) is 8.05. The van der Waals surface area contributed by atoms with Crippen LogP contribution in [0.25, 0.3) is 0 Å². The fourth-order valence-electron chi connectivity index (χ4n) is 2.37. The molecule has 0 bridgehead atoms. The summed E-state index contributed by atoms with van der Waals surface area (Å²) in [5.74, 6) is -4.11. The molecule has 5 atom stereocenters. The molecule has 5 unspecified atom stereocenters. The third-order valence-corrected chi connectivity index (χ3v) is 4.39. The molecule has 0 aliphatic heterocycles. The van der Waals surface area contributed by atoms with Crippen LogP contribution in [-0.2, 0) is 24.0 Å². The molecule has 0 saturated heterocycles. The summed E-state index contributed by atoms with van der Waals surface area (Å²) in [5, 5.41) is 18.8. The van der Waals surface area contributed by atoms with Crippen LogP contribution in [0.1, 0.15) is 48.5 Å². The van der Waals surface area contributed by atoms with Gasteiger partial charge in [-0.3, -0.25) is 24.0 Å². The van der Waals surface area contributed by atoms with Crippen LogP contribution in [0, 0.1) is 11.8 Å². The molecule has 4 amide bonds. The third kappa shape index (κ3) is 8.76. The molecule has 11 heteroatoms. The van der Waals surface area contributed by atoms with Crippen LogP contribution in [0.4, 0.5) is 0 Å². The van der Waals surface area contributed by atoms with Crippen molar-refractivity contribution >= 4 is 29.6 Å². The van der Waals surface area contributed by atoms with Crippen LogP contribution in [0.15, 0.2) is 0 Å². The first-order chi connectivity index (χ1) is 13.7. The standard InChI is InChI=1S/C19H35N5O6/c1-8(2)13(17(27)21-11(6)16(26)22-12(7)19(29)30)24-18(28)14(9(3)4)23-15(25)10(5)20/h8-14H,20H2,1-7H3,(H,21,27)(H,22,26)(H,23,25)(H,24,28)(H,29,30). The molecule has 0 fully saturated rings. The lowest BCUT2D eigenvalue weighted by Crippen LogP contribution is -2.59. The van der Waals surface area contributed by atoms with E-state index in [1.165, 1.54) is 20.8 Å². The molecule has 30 heavy (non-hydrogen) atoms. The van der Waals surface area contributed by atoms with Gasteiger partial charge in [0.25, 0.3) is 0 Å². The Morgan fingerprint density at radius 1 is 0.600 bits per heavy atom. The minimum atomic E-state index is -1.21. The monoisotopic (exact) mass is 429 g/mol. The minimum absolute atomic E-state index is 0.259. The molecular weight excluding hydrogens is 394 g/mol. The molecule has 0 aromatic heterocycles. The maximum absolute atomic E-state index is 12.7. The molecule has 172 valence electrons. The second kappa shape index (κ2) is 12.1. The van der Waals surface area contributed by atoms with Crippen molar-refractivity contribution in [3.63, 3.8) is 0 Å². The summed E-state index contributed by atoms with van der Waals surface area (Å²) < 4.78 is 0. The van der Waals surface area contributed by atoms with Crippen LogP contribution in [0.5, 0.6) is 0 Å². The topological polar surface area (TPSA) is 180 Å². The van der Waals surface area contributed by atoms with Crippen molar-refractivity contribution in [2.75, 3.05) is 0 Å². The molecule has 0 aliphatic rings. The number of rotatable bonds is 11. The first-order valence-corrected chi connectivity index (χ1v) is 9.88. The number of carbonyl (C=O) groups excluding carboxylic acids is 4. The average Bonchev–Trinajstić information content (AvgIpc) is 2.62. The Morgan fingerprint density at radius 3 is 1.33 bits per heavy atom. The number of hydrogen-bond donors (Lipinski definition) is 6. The van der Waals surface area contributed by atoms with Gasteiger partial charge in [0.2, 0.25) is 23.6 Å². The van der Waals surface area contributed by atoms with Crippen molar-refractivity contribution in [1.82, 2.24) is 21.3 Å². The molecule has 0 spiro atoms. The van der Waals surface area contributed by atoms with Gasteiger partial charge < -0.3 is 32.1 Å². The van der Waals surface area contributed by atoms with Gasteiger partial charge in [-0.2, -0.15) is 0 Å². The largest absolute Gasteiger partial charge is 0.480 e. The molecule has 0 aliphatic carbocycles. The van der Waals surface area contributed by atoms with Gasteiger partial charge in [0.05, 0.1) is 6.04 Å². The lowest BCUT2D eigenvalue weighted by atomic mass is 9.99. The van der Waals surface area contributed by atoms with Crippen molar-refractivity contribution < 1.29 is 29.1 Å². The Hall–Kier alpha value is -2.69. The molecule has 0 rings (SSSR count). The number of carboxylic acids is 1. The van der Waals surface area contributed by atoms with Crippen molar-refractivity contribution in [1.29, 1.82) is 0 Å². The fourth-order valence-corrected chi connectivity index (χ4v) is 2.37. The first-order valence-electron chi connectivity index (χ1n) is 9.88. The van der Waals surface area contributed by atoms with Gasteiger partial charge in [-0.15, -0.1) is 0 Å². The van der Waals surface area contributed by atoms with Crippen LogP contribution in [-0.4, -0.2) is 64.9 Å². The molecule has 0 heterocycles. The van der Waals surface area contributed by atoms with E-state index in [9.17, 15) is 24.0 Å². The van der Waals surface area contributed by atoms with Gasteiger partial charge in [0, 0.05) is 0 Å². The zero-order chi connectivity index (χ0) is 23.8. The Balaban J connectivity index is 5.19. The van der Waals surface area contributed by atoms with Gasteiger partial charge in [-0.25, -0.2) is 0 Å². The van der Waals surface area contributed by atoms with E-state index in [-0.39, 0.29) is 11.8 Å². The highest BCUT2D eigenvalue weighted by molar-refractivity contribution is 5.95. The Labute approximate surface area is 176 Å². The summed E-state index contributed by atoms with van der Waals surface area (Å²) in [7, 11) is 0. The lowest BCUT2D eigenvalue weighted by Gasteiger charge is -2.28. The van der Waals surface area contributed by atoms with Crippen LogP contribution < -0.4 is 27.0 Å². The Kier molecular flexibility index (Phi) is 11.0. The van der Waals surface area contributed by atoms with Crippen LogP contribution in [0.2, 0.25) is 0 Å². The predicted molar refractivity (Wildman–Crippen MR) is 110 cm³/mol. The van der Waals surface area contributed by atoms with E-state index < -0.39 is 59.8 Å². The molecule has 0 radical (unpaired) electrons. The van der Waals surface area contributed by atoms with Gasteiger partial charge in [0.15, 0.2) is 0 Å². The summed E-state index contributed by atoms with van der Waals surface area (Å²) in [4.78, 5) is 60.2. The molecule has 0 aromatic carbocycles. The number of amides is 4. The summed E-state index contributed by atoms with van der Waals surface area (Å²) in [6.45, 7) is 11.1. The SMILES string of the molecule is CC(N)C(=O)NC(C(=O)NC(C(=O)NC(C)C(=O)NC(C)C(=O)O)C(C)C)C(C)C. The quantitative estimate of drug-likeness (QED) is 0.236. The van der Waals surface area contributed by atoms with Crippen molar-refractivity contribution in [3.05, 3.63) is 0 Å². The molecule has 0 aromatic rings. The second-order valence-electron chi connectivity index (χ2n) is 8.05. The highest BCUT2D eigenvalue weighted by atomic mass is 16.4. The molecule has 0 saturated carbocycles. The van der Waals surface area contributed by atoms with E-state index in [0.717, 1.165) is 0 Å². The predicted octanol–water partition coefficient (Wildman–Crippen LogP) is -1.29. The van der Waals surface area contributed by atoms with Crippen LogP contribution in [0.3, 0.4) is 0 Å². The Morgan fingerprint density at radius 2 is 0.967 bits per heavy atom. The van der Waals surface area contributed by atoms with E-state index in [0.29, 0.717) is 0 Å². The van der Waals surface area contributed by atoms with E-state index >= 15 is 0 Å². The fraction of sp³-hybridized carbons (Fsp3) is 0.737. The number of carboxylic acid groups (broad SMARTS) is 1. The zero-order valence-electron chi connectivity index (χ0n) is 18.6. The van der Waals surface area contributed by atoms with Gasteiger partial charge in [-0.05, 0) is 32.6 Å². The van der Waals surface area contributed by atoms with Crippen molar-refractivity contribution in [2.45, 2.75) is 78.7 Å². The highest BCUT2D eigenvalue weighted by Crippen LogP contribution is 2.07. The van der Waals surface area contributed by atoms with Crippen LogP contribution >= 0.6 is 0 Å². The average molecular weight is 430 g/mol. The lowest BCUT2D eigenvalue weighted by molar-refractivity contribution is -0.141. The number of aliphatic carboxylic acids is 1. The molecule has 11 nitrogen and oxygen atoms in total. The van der Waals surface area contributed by atoms with E-state index in [4.69, 9.17) is 10.8 Å². The number of carbonyl (C=O) groups is 5. The smallest absolute Gasteiger partial charge is 0.325 e. The Bertz CT molecular complexity index is 649. The minimum Gasteiger partial charge on any atom is -0.480 e. The van der Waals surface area contributed by atoms with Crippen molar-refractivity contribution in [2.24, 2.45) is 17.6 Å². The summed E-state index contributed by atoms with van der Waals surface area (Å²) in [5.41, 5.74) is 5.54. The molecular formula is C19H35N5O6. The molecule has 7 N–H and O–H groups in total. The normalized spacial score (nSPS) is 16.1. The number of nitrogens with two attached hydrogens (primary N) is 1. The first kappa shape index (κ1) is 27.3. The number of nitrogens with one attached hydrogen (secondary N) is 4. The zero-order valence-corrected chi connectivity index (χ0v) is 18.6. The third-order valence-electron chi connectivity index (χ3n) is 4.39. The maximum Gasteiger partial charge on any atom is 0.325 e. The highest BCUT2D eigenvalue weighted by Gasteiger charge is 2.32.